The number of carbonyl (C=O) groups excluding carboxylic acids is 1. The Balaban J connectivity index is 1.88. The van der Waals surface area contributed by atoms with E-state index in [1.165, 1.54) is 0 Å². The topological polar surface area (TPSA) is 85.8 Å². The number of hydrogen-bond acceptors (Lipinski definition) is 4. The number of fused-ring (bicyclic) bond motifs is 1. The number of aromatic nitrogens is 3. The van der Waals surface area contributed by atoms with Crippen molar-refractivity contribution in [3.8, 4) is 0 Å². The minimum atomic E-state index is -0.487. The Morgan fingerprint density at radius 2 is 2.33 bits per heavy atom. The van der Waals surface area contributed by atoms with E-state index in [2.05, 4.69) is 15.4 Å². The number of pyridine rings is 1. The molecule has 3 N–H and O–H groups in total. The van der Waals surface area contributed by atoms with Crippen LogP contribution >= 0.6 is 0 Å². The Bertz CT molecular complexity index is 707. The summed E-state index contributed by atoms with van der Waals surface area (Å²) in [5, 5.41) is 8.25. The molecule has 1 fully saturated rings. The van der Waals surface area contributed by atoms with Crippen molar-refractivity contribution in [2.24, 2.45) is 18.2 Å². The highest BCUT2D eigenvalue weighted by Gasteiger charge is 2.42. The second kappa shape index (κ2) is 4.80. The molecule has 0 bridgehead atoms. The van der Waals surface area contributed by atoms with Crippen LogP contribution in [0.15, 0.2) is 12.3 Å². The number of hydrogen-bond donors (Lipinski definition) is 2. The first-order valence-electron chi connectivity index (χ1n) is 7.28. The minimum absolute atomic E-state index is 0.0183. The molecule has 6 nitrogen and oxygen atoms in total. The van der Waals surface area contributed by atoms with Crippen LogP contribution in [0.2, 0.25) is 0 Å². The third-order valence-electron chi connectivity index (χ3n) is 4.67. The Labute approximate surface area is 123 Å². The summed E-state index contributed by atoms with van der Waals surface area (Å²) >= 11 is 0. The van der Waals surface area contributed by atoms with Gasteiger partial charge in [0.25, 0.3) is 0 Å². The van der Waals surface area contributed by atoms with Gasteiger partial charge in [-0.05, 0) is 32.8 Å². The molecule has 0 spiro atoms. The predicted octanol–water partition coefficient (Wildman–Crippen LogP) is 1.73. The lowest BCUT2D eigenvalue weighted by molar-refractivity contribution is -0.125. The first-order valence-corrected chi connectivity index (χ1v) is 7.28. The number of aryl methyl sites for hydroxylation is 2. The normalized spacial score (nSPS) is 25.4. The lowest BCUT2D eigenvalue weighted by Gasteiger charge is -2.27. The molecule has 0 saturated heterocycles. The predicted molar refractivity (Wildman–Crippen MR) is 81.8 cm³/mol. The molecule has 2 unspecified atom stereocenters. The SMILES string of the molecule is Cc1nn(C)c2ncc(NC(=O)C3(C)CCCC3N)cc12. The zero-order valence-corrected chi connectivity index (χ0v) is 12.7. The molecule has 2 aromatic rings. The van der Waals surface area contributed by atoms with E-state index in [4.69, 9.17) is 5.73 Å². The molecule has 0 aromatic carbocycles. The van der Waals surface area contributed by atoms with Crippen LogP contribution in [0.1, 0.15) is 31.9 Å². The maximum Gasteiger partial charge on any atom is 0.231 e. The van der Waals surface area contributed by atoms with Crippen LogP contribution < -0.4 is 11.1 Å². The zero-order valence-electron chi connectivity index (χ0n) is 12.7. The van der Waals surface area contributed by atoms with E-state index in [0.29, 0.717) is 5.69 Å². The van der Waals surface area contributed by atoms with Crippen LogP contribution in [0, 0.1) is 12.3 Å². The zero-order chi connectivity index (χ0) is 15.2. The Morgan fingerprint density at radius 3 is 3.00 bits per heavy atom. The quantitative estimate of drug-likeness (QED) is 0.881. The van der Waals surface area contributed by atoms with Crippen LogP contribution in [0.4, 0.5) is 5.69 Å². The summed E-state index contributed by atoms with van der Waals surface area (Å²) in [5.74, 6) is -0.0183. The molecule has 1 amide bonds. The Hall–Kier alpha value is -1.95. The van der Waals surface area contributed by atoms with Crippen LogP contribution in [-0.4, -0.2) is 26.7 Å². The highest BCUT2D eigenvalue weighted by atomic mass is 16.2. The second-order valence-electron chi connectivity index (χ2n) is 6.17. The lowest BCUT2D eigenvalue weighted by Crippen LogP contribution is -2.44. The van der Waals surface area contributed by atoms with Gasteiger partial charge in [-0.25, -0.2) is 4.98 Å². The second-order valence-corrected chi connectivity index (χ2v) is 6.17. The third kappa shape index (κ3) is 2.19. The first kappa shape index (κ1) is 14.0. The van der Waals surface area contributed by atoms with Crippen molar-refractivity contribution in [1.82, 2.24) is 14.8 Å². The summed E-state index contributed by atoms with van der Waals surface area (Å²) in [7, 11) is 1.86. The average molecular weight is 287 g/mol. The summed E-state index contributed by atoms with van der Waals surface area (Å²) in [5.41, 5.74) is 8.02. The van der Waals surface area contributed by atoms with E-state index in [1.807, 2.05) is 27.0 Å². The molecule has 2 atom stereocenters. The van der Waals surface area contributed by atoms with Crippen molar-refractivity contribution in [3.05, 3.63) is 18.0 Å². The molecule has 3 rings (SSSR count). The van der Waals surface area contributed by atoms with E-state index in [0.717, 1.165) is 36.0 Å². The van der Waals surface area contributed by atoms with Crippen LogP contribution in [0.25, 0.3) is 11.0 Å². The fraction of sp³-hybridized carbons (Fsp3) is 0.533. The van der Waals surface area contributed by atoms with Gasteiger partial charge in [0.15, 0.2) is 5.65 Å². The molecule has 1 aliphatic carbocycles. The molecular formula is C15H21N5O. The van der Waals surface area contributed by atoms with E-state index < -0.39 is 5.41 Å². The number of nitrogens with two attached hydrogens (primary N) is 1. The van der Waals surface area contributed by atoms with E-state index in [9.17, 15) is 4.79 Å². The van der Waals surface area contributed by atoms with Gasteiger partial charge in [-0.2, -0.15) is 5.10 Å². The molecule has 1 saturated carbocycles. The van der Waals surface area contributed by atoms with Gasteiger partial charge in [0.05, 0.1) is 23.0 Å². The average Bonchev–Trinajstić information content (AvgIpc) is 2.92. The number of rotatable bonds is 2. The Morgan fingerprint density at radius 1 is 1.57 bits per heavy atom. The first-order chi connectivity index (χ1) is 9.91. The minimum Gasteiger partial charge on any atom is -0.327 e. The molecule has 2 heterocycles. The molecule has 6 heteroatoms. The molecule has 112 valence electrons. The van der Waals surface area contributed by atoms with Gasteiger partial charge in [0.1, 0.15) is 0 Å². The van der Waals surface area contributed by atoms with Crippen LogP contribution in [0.3, 0.4) is 0 Å². The summed E-state index contributed by atoms with van der Waals surface area (Å²) in [6, 6.07) is 1.85. The summed E-state index contributed by atoms with van der Waals surface area (Å²) in [4.78, 5) is 16.9. The van der Waals surface area contributed by atoms with Crippen molar-refractivity contribution in [2.45, 2.75) is 39.2 Å². The molecule has 0 aliphatic heterocycles. The van der Waals surface area contributed by atoms with Gasteiger partial charge < -0.3 is 11.1 Å². The van der Waals surface area contributed by atoms with E-state index in [1.54, 1.807) is 10.9 Å². The molecular weight excluding hydrogens is 266 g/mol. The highest BCUT2D eigenvalue weighted by Crippen LogP contribution is 2.37. The van der Waals surface area contributed by atoms with Gasteiger partial charge in [0, 0.05) is 18.5 Å². The lowest BCUT2D eigenvalue weighted by atomic mass is 9.84. The molecule has 0 radical (unpaired) electrons. The fourth-order valence-electron chi connectivity index (χ4n) is 3.13. The molecule has 2 aromatic heterocycles. The number of nitrogens with zero attached hydrogens (tertiary/aromatic N) is 3. The highest BCUT2D eigenvalue weighted by molar-refractivity contribution is 5.97. The number of anilines is 1. The summed E-state index contributed by atoms with van der Waals surface area (Å²) in [6.07, 6.45) is 4.42. The number of nitrogens with one attached hydrogen (secondary N) is 1. The summed E-state index contributed by atoms with van der Waals surface area (Å²) in [6.45, 7) is 3.88. The largest absolute Gasteiger partial charge is 0.327 e. The van der Waals surface area contributed by atoms with E-state index in [-0.39, 0.29) is 11.9 Å². The molecule has 1 aliphatic rings. The van der Waals surface area contributed by atoms with Crippen molar-refractivity contribution in [1.29, 1.82) is 0 Å². The standard InChI is InChI=1S/C15H21N5O/c1-9-11-7-10(8-17-13(11)20(3)19-9)18-14(21)15(2)6-4-5-12(15)16/h7-8,12H,4-6,16H2,1-3H3,(H,18,21). The van der Waals surface area contributed by atoms with Gasteiger partial charge in [-0.1, -0.05) is 6.42 Å². The van der Waals surface area contributed by atoms with Crippen molar-refractivity contribution < 1.29 is 4.79 Å². The van der Waals surface area contributed by atoms with E-state index >= 15 is 0 Å². The van der Waals surface area contributed by atoms with Gasteiger partial charge in [-0.3, -0.25) is 9.48 Å². The summed E-state index contributed by atoms with van der Waals surface area (Å²) < 4.78 is 1.74. The number of amides is 1. The van der Waals surface area contributed by atoms with Gasteiger partial charge in [0.2, 0.25) is 5.91 Å². The van der Waals surface area contributed by atoms with Crippen LogP contribution in [0.5, 0.6) is 0 Å². The maximum absolute atomic E-state index is 12.5. The Kier molecular flexibility index (Phi) is 3.20. The van der Waals surface area contributed by atoms with Crippen molar-refractivity contribution in [2.75, 3.05) is 5.32 Å². The van der Waals surface area contributed by atoms with Crippen molar-refractivity contribution in [3.63, 3.8) is 0 Å². The molecule has 21 heavy (non-hydrogen) atoms. The fourth-order valence-corrected chi connectivity index (χ4v) is 3.13. The smallest absolute Gasteiger partial charge is 0.231 e. The van der Waals surface area contributed by atoms with Gasteiger partial charge in [-0.15, -0.1) is 0 Å². The van der Waals surface area contributed by atoms with Crippen LogP contribution in [-0.2, 0) is 11.8 Å². The van der Waals surface area contributed by atoms with Crippen molar-refractivity contribution >= 4 is 22.6 Å². The maximum atomic E-state index is 12.5. The third-order valence-corrected chi connectivity index (χ3v) is 4.67. The number of carbonyl (C=O) groups is 1. The monoisotopic (exact) mass is 287 g/mol. The van der Waals surface area contributed by atoms with Gasteiger partial charge >= 0.3 is 0 Å².